The van der Waals surface area contributed by atoms with Crippen LogP contribution in [0.15, 0.2) is 66.7 Å². The fraction of sp³-hybridized carbons (Fsp3) is 0.125. The van der Waals surface area contributed by atoms with Gasteiger partial charge in [-0.1, -0.05) is 29.8 Å². The third kappa shape index (κ3) is 6.24. The van der Waals surface area contributed by atoms with Crippen molar-refractivity contribution in [3.63, 3.8) is 0 Å². The van der Waals surface area contributed by atoms with Crippen molar-refractivity contribution in [1.82, 2.24) is 0 Å². The number of amides is 1. The normalized spacial score (nSPS) is 10.4. The number of anilines is 3. The molecule has 6 N–H and O–H groups in total. The molecule has 0 radical (unpaired) electrons. The molecule has 0 saturated carbocycles. The molecule has 3 aromatic carbocycles. The van der Waals surface area contributed by atoms with E-state index in [0.29, 0.717) is 34.1 Å². The van der Waals surface area contributed by atoms with E-state index in [1.54, 1.807) is 54.4 Å². The Morgan fingerprint density at radius 1 is 1.09 bits per heavy atom. The van der Waals surface area contributed by atoms with Crippen molar-refractivity contribution in [2.75, 3.05) is 29.1 Å². The maximum Gasteiger partial charge on any atom is 0.323 e. The second-order valence-electron chi connectivity index (χ2n) is 7.37. The SMILES string of the molecule is CN(CC(=O)O)c1ccccc1CNc1ccc(Cl)cc1C(=O)Nc1ccc(C(=N)N)cc1. The fourth-order valence-corrected chi connectivity index (χ4v) is 3.47. The Bertz CT molecular complexity index is 1180. The molecule has 0 heterocycles. The molecule has 3 aromatic rings. The summed E-state index contributed by atoms with van der Waals surface area (Å²) in [4.78, 5) is 25.7. The van der Waals surface area contributed by atoms with Crippen LogP contribution in [-0.2, 0) is 11.3 Å². The molecule has 0 aliphatic carbocycles. The Balaban J connectivity index is 1.79. The highest BCUT2D eigenvalue weighted by Crippen LogP contribution is 2.25. The van der Waals surface area contributed by atoms with Gasteiger partial charge in [0, 0.05) is 41.2 Å². The van der Waals surface area contributed by atoms with Gasteiger partial charge in [-0.05, 0) is 54.1 Å². The van der Waals surface area contributed by atoms with E-state index in [0.717, 1.165) is 11.3 Å². The average Bonchev–Trinajstić information content (AvgIpc) is 2.78. The standard InChI is InChI=1S/C24H24ClN5O3/c1-30(14-22(31)32)21-5-3-2-4-16(21)13-28-20-11-8-17(25)12-19(20)24(33)29-18-9-6-15(7-10-18)23(26)27/h2-12,28H,13-14H2,1H3,(H3,26,27)(H,29,33)(H,31,32). The topological polar surface area (TPSA) is 132 Å². The van der Waals surface area contributed by atoms with Crippen LogP contribution >= 0.6 is 11.6 Å². The smallest absolute Gasteiger partial charge is 0.323 e. The summed E-state index contributed by atoms with van der Waals surface area (Å²) in [7, 11) is 1.71. The van der Waals surface area contributed by atoms with E-state index in [4.69, 9.17) is 27.9 Å². The van der Waals surface area contributed by atoms with Crippen LogP contribution in [0, 0.1) is 5.41 Å². The van der Waals surface area contributed by atoms with E-state index in [-0.39, 0.29) is 18.3 Å². The minimum atomic E-state index is -0.923. The second kappa shape index (κ2) is 10.5. The van der Waals surface area contributed by atoms with Crippen molar-refractivity contribution in [3.8, 4) is 0 Å². The molecule has 0 aliphatic heterocycles. The number of nitrogens with one attached hydrogen (secondary N) is 3. The van der Waals surface area contributed by atoms with Crippen LogP contribution < -0.4 is 21.3 Å². The highest BCUT2D eigenvalue weighted by Gasteiger charge is 2.15. The average molecular weight is 466 g/mol. The number of carbonyl (C=O) groups is 2. The van der Waals surface area contributed by atoms with Gasteiger partial charge in [0.15, 0.2) is 0 Å². The number of benzene rings is 3. The first-order valence-electron chi connectivity index (χ1n) is 10.0. The molecule has 9 heteroatoms. The summed E-state index contributed by atoms with van der Waals surface area (Å²) in [5, 5.41) is 23.1. The number of hydrogen-bond donors (Lipinski definition) is 5. The Morgan fingerprint density at radius 3 is 2.45 bits per heavy atom. The molecule has 33 heavy (non-hydrogen) atoms. The van der Waals surface area contributed by atoms with Gasteiger partial charge >= 0.3 is 5.97 Å². The van der Waals surface area contributed by atoms with Crippen molar-refractivity contribution >= 4 is 46.4 Å². The number of rotatable bonds is 9. The number of amidine groups is 1. The van der Waals surface area contributed by atoms with Crippen LogP contribution in [0.3, 0.4) is 0 Å². The van der Waals surface area contributed by atoms with Crippen LogP contribution in [0.5, 0.6) is 0 Å². The van der Waals surface area contributed by atoms with E-state index in [9.17, 15) is 9.59 Å². The number of carboxylic acids is 1. The molecule has 0 aromatic heterocycles. The molecule has 3 rings (SSSR count). The molecule has 0 unspecified atom stereocenters. The number of aliphatic carboxylic acids is 1. The lowest BCUT2D eigenvalue weighted by Gasteiger charge is -2.21. The van der Waals surface area contributed by atoms with Gasteiger partial charge in [0.1, 0.15) is 12.4 Å². The van der Waals surface area contributed by atoms with Gasteiger partial charge in [-0.15, -0.1) is 0 Å². The lowest BCUT2D eigenvalue weighted by atomic mass is 10.1. The van der Waals surface area contributed by atoms with Crippen LogP contribution in [0.2, 0.25) is 5.02 Å². The van der Waals surface area contributed by atoms with Gasteiger partial charge in [0.05, 0.1) is 5.56 Å². The molecule has 170 valence electrons. The molecule has 0 bridgehead atoms. The van der Waals surface area contributed by atoms with Crippen LogP contribution in [0.4, 0.5) is 17.1 Å². The van der Waals surface area contributed by atoms with Gasteiger partial charge in [0.25, 0.3) is 5.91 Å². The predicted octanol–water partition coefficient (Wildman–Crippen LogP) is 4.01. The van der Waals surface area contributed by atoms with Crippen molar-refractivity contribution in [3.05, 3.63) is 88.4 Å². The molecule has 0 saturated heterocycles. The number of nitrogen functional groups attached to an aromatic ring is 1. The maximum atomic E-state index is 13.0. The number of nitrogens with zero attached hydrogens (tertiary/aromatic N) is 1. The fourth-order valence-electron chi connectivity index (χ4n) is 3.30. The summed E-state index contributed by atoms with van der Waals surface area (Å²) in [5.41, 5.74) is 9.17. The first-order chi connectivity index (χ1) is 15.7. The molecular formula is C24H24ClN5O3. The minimum absolute atomic E-state index is 0.0523. The van der Waals surface area contributed by atoms with Gasteiger partial charge in [0.2, 0.25) is 0 Å². The first-order valence-corrected chi connectivity index (χ1v) is 10.4. The summed E-state index contributed by atoms with van der Waals surface area (Å²) in [6, 6.07) is 19.1. The number of carbonyl (C=O) groups excluding carboxylic acids is 1. The van der Waals surface area contributed by atoms with Crippen molar-refractivity contribution in [2.45, 2.75) is 6.54 Å². The molecule has 0 spiro atoms. The van der Waals surface area contributed by atoms with Crippen LogP contribution in [0.1, 0.15) is 21.5 Å². The second-order valence-corrected chi connectivity index (χ2v) is 7.80. The monoisotopic (exact) mass is 465 g/mol. The zero-order valence-corrected chi connectivity index (χ0v) is 18.7. The molecule has 0 atom stereocenters. The van der Waals surface area contributed by atoms with Crippen molar-refractivity contribution in [2.24, 2.45) is 5.73 Å². The highest BCUT2D eigenvalue weighted by molar-refractivity contribution is 6.31. The molecular weight excluding hydrogens is 442 g/mol. The summed E-state index contributed by atoms with van der Waals surface area (Å²) < 4.78 is 0. The lowest BCUT2D eigenvalue weighted by molar-refractivity contribution is -0.135. The Morgan fingerprint density at radius 2 is 1.79 bits per heavy atom. The van der Waals surface area contributed by atoms with Crippen molar-refractivity contribution < 1.29 is 14.7 Å². The van der Waals surface area contributed by atoms with E-state index in [1.165, 1.54) is 0 Å². The zero-order chi connectivity index (χ0) is 24.0. The number of hydrogen-bond acceptors (Lipinski definition) is 5. The summed E-state index contributed by atoms with van der Waals surface area (Å²) in [6.45, 7) is 0.239. The third-order valence-electron chi connectivity index (χ3n) is 4.92. The van der Waals surface area contributed by atoms with E-state index >= 15 is 0 Å². The minimum Gasteiger partial charge on any atom is -0.480 e. The zero-order valence-electron chi connectivity index (χ0n) is 17.9. The maximum absolute atomic E-state index is 13.0. The molecule has 0 aliphatic rings. The molecule has 8 nitrogen and oxygen atoms in total. The number of carboxylic acid groups (broad SMARTS) is 1. The first kappa shape index (κ1) is 23.6. The number of nitrogens with two attached hydrogens (primary N) is 1. The van der Waals surface area contributed by atoms with Gasteiger partial charge < -0.3 is 26.4 Å². The number of para-hydroxylation sites is 1. The summed E-state index contributed by atoms with van der Waals surface area (Å²) in [6.07, 6.45) is 0. The number of likely N-dealkylation sites (N-methyl/N-ethyl adjacent to an activating group) is 1. The Labute approximate surface area is 196 Å². The van der Waals surface area contributed by atoms with Gasteiger partial charge in [-0.25, -0.2) is 0 Å². The Hall–Kier alpha value is -4.04. The molecule has 0 fully saturated rings. The van der Waals surface area contributed by atoms with E-state index in [1.807, 2.05) is 24.3 Å². The summed E-state index contributed by atoms with van der Waals surface area (Å²) >= 11 is 6.14. The number of halogens is 1. The third-order valence-corrected chi connectivity index (χ3v) is 5.16. The van der Waals surface area contributed by atoms with Gasteiger partial charge in [-0.3, -0.25) is 15.0 Å². The highest BCUT2D eigenvalue weighted by atomic mass is 35.5. The summed E-state index contributed by atoms with van der Waals surface area (Å²) in [5.74, 6) is -1.33. The molecule has 1 amide bonds. The Kier molecular flexibility index (Phi) is 7.53. The van der Waals surface area contributed by atoms with Crippen LogP contribution in [-0.4, -0.2) is 36.4 Å². The lowest BCUT2D eigenvalue weighted by Crippen LogP contribution is -2.26. The van der Waals surface area contributed by atoms with Crippen LogP contribution in [0.25, 0.3) is 0 Å². The largest absolute Gasteiger partial charge is 0.480 e. The van der Waals surface area contributed by atoms with Crippen molar-refractivity contribution in [1.29, 1.82) is 5.41 Å². The predicted molar refractivity (Wildman–Crippen MR) is 132 cm³/mol. The quantitative estimate of drug-likeness (QED) is 0.239. The van der Waals surface area contributed by atoms with E-state index in [2.05, 4.69) is 10.6 Å². The van der Waals surface area contributed by atoms with Gasteiger partial charge in [-0.2, -0.15) is 0 Å². The van der Waals surface area contributed by atoms with E-state index < -0.39 is 5.97 Å².